The maximum absolute atomic E-state index is 13.0. The van der Waals surface area contributed by atoms with Gasteiger partial charge in [-0.25, -0.2) is 4.79 Å². The molecule has 45 heavy (non-hydrogen) atoms. The second-order valence-corrected chi connectivity index (χ2v) is 12.8. The van der Waals surface area contributed by atoms with Crippen LogP contribution < -0.4 is 16.0 Å². The standard InChI is InChI=1S/C37H63N3O5/c1-5-7-8-9-10-11-12-13-14-15-16-17-18-19-20-24-27-38-36(43)34(41)32(6-2)39-35(42)33(28-30(3)4)40-37(44)45-29-31-25-22-21-23-26-31/h21-23,25-26,30,32-33H,5-20,24,27-29H2,1-4H3,(H,38,43)(H,39,42)(H,40,44). The molecule has 0 saturated carbocycles. The number of ketones is 1. The summed E-state index contributed by atoms with van der Waals surface area (Å²) in [5.74, 6) is -1.75. The Kier molecular flexibility index (Phi) is 23.5. The number of carbonyl (C=O) groups excluding carboxylic acids is 4. The van der Waals surface area contributed by atoms with Gasteiger partial charge in [0.15, 0.2) is 0 Å². The van der Waals surface area contributed by atoms with E-state index < -0.39 is 35.8 Å². The average Bonchev–Trinajstić information content (AvgIpc) is 3.03. The molecule has 0 bridgehead atoms. The summed E-state index contributed by atoms with van der Waals surface area (Å²) < 4.78 is 5.27. The van der Waals surface area contributed by atoms with Gasteiger partial charge < -0.3 is 20.7 Å². The molecule has 0 fully saturated rings. The van der Waals surface area contributed by atoms with Crippen LogP contribution in [0.5, 0.6) is 0 Å². The number of rotatable bonds is 27. The van der Waals surface area contributed by atoms with Crippen molar-refractivity contribution in [3.05, 3.63) is 35.9 Å². The molecular weight excluding hydrogens is 566 g/mol. The molecule has 1 aromatic carbocycles. The lowest BCUT2D eigenvalue weighted by Gasteiger charge is -2.23. The van der Waals surface area contributed by atoms with Crippen molar-refractivity contribution >= 4 is 23.7 Å². The van der Waals surface area contributed by atoms with Crippen LogP contribution in [0.3, 0.4) is 0 Å². The number of unbranched alkanes of at least 4 members (excludes halogenated alkanes) is 15. The van der Waals surface area contributed by atoms with E-state index >= 15 is 0 Å². The molecule has 1 rings (SSSR count). The summed E-state index contributed by atoms with van der Waals surface area (Å²) in [6.07, 6.45) is 20.4. The third kappa shape index (κ3) is 20.7. The summed E-state index contributed by atoms with van der Waals surface area (Å²) in [6.45, 7) is 8.40. The van der Waals surface area contributed by atoms with Crippen molar-refractivity contribution < 1.29 is 23.9 Å². The number of ether oxygens (including phenoxy) is 1. The smallest absolute Gasteiger partial charge is 0.408 e. The molecule has 1 aromatic rings. The van der Waals surface area contributed by atoms with Crippen molar-refractivity contribution in [3.8, 4) is 0 Å². The Hall–Kier alpha value is -2.90. The lowest BCUT2D eigenvalue weighted by atomic mass is 10.0. The summed E-state index contributed by atoms with van der Waals surface area (Å²) in [5, 5.41) is 8.00. The minimum absolute atomic E-state index is 0.0817. The average molecular weight is 630 g/mol. The Bertz CT molecular complexity index is 937. The summed E-state index contributed by atoms with van der Waals surface area (Å²) in [5.41, 5.74) is 0.833. The van der Waals surface area contributed by atoms with Crippen LogP contribution in [0.25, 0.3) is 0 Å². The molecule has 0 radical (unpaired) electrons. The number of nitrogens with one attached hydrogen (secondary N) is 3. The van der Waals surface area contributed by atoms with Crippen LogP contribution in [0.1, 0.15) is 149 Å². The Balaban J connectivity index is 2.23. The lowest BCUT2D eigenvalue weighted by Crippen LogP contribution is -2.54. The molecule has 0 spiro atoms. The summed E-state index contributed by atoms with van der Waals surface area (Å²) in [7, 11) is 0. The first-order valence-electron chi connectivity index (χ1n) is 17.9. The molecular formula is C37H63N3O5. The van der Waals surface area contributed by atoms with Gasteiger partial charge >= 0.3 is 6.09 Å². The van der Waals surface area contributed by atoms with E-state index in [1.165, 1.54) is 83.5 Å². The third-order valence-corrected chi connectivity index (χ3v) is 8.11. The van der Waals surface area contributed by atoms with Gasteiger partial charge in [-0.15, -0.1) is 0 Å². The number of Topliss-reactive ketones (excluding diaryl/α,β-unsaturated/α-hetero) is 1. The quantitative estimate of drug-likeness (QED) is 0.0671. The van der Waals surface area contributed by atoms with Crippen molar-refractivity contribution in [1.82, 2.24) is 16.0 Å². The molecule has 3 N–H and O–H groups in total. The number of benzene rings is 1. The topological polar surface area (TPSA) is 114 Å². The van der Waals surface area contributed by atoms with Crippen molar-refractivity contribution in [1.29, 1.82) is 0 Å². The van der Waals surface area contributed by atoms with Crippen molar-refractivity contribution in [3.63, 3.8) is 0 Å². The molecule has 0 aliphatic carbocycles. The Labute approximate surface area is 273 Å². The second kappa shape index (κ2) is 26.3. The number of hydrogen-bond donors (Lipinski definition) is 3. The van der Waals surface area contributed by atoms with E-state index in [-0.39, 0.29) is 18.9 Å². The van der Waals surface area contributed by atoms with E-state index in [0.29, 0.717) is 13.0 Å². The monoisotopic (exact) mass is 629 g/mol. The van der Waals surface area contributed by atoms with Crippen LogP contribution in [0, 0.1) is 5.92 Å². The molecule has 2 atom stereocenters. The molecule has 0 aliphatic heterocycles. The highest BCUT2D eigenvalue weighted by Gasteiger charge is 2.29. The van der Waals surface area contributed by atoms with Crippen LogP contribution in [-0.4, -0.2) is 42.3 Å². The normalized spacial score (nSPS) is 12.4. The third-order valence-electron chi connectivity index (χ3n) is 8.11. The fraction of sp³-hybridized carbons (Fsp3) is 0.730. The molecule has 0 saturated heterocycles. The molecule has 8 nitrogen and oxygen atoms in total. The van der Waals surface area contributed by atoms with Gasteiger partial charge in [0.25, 0.3) is 5.91 Å². The molecule has 2 unspecified atom stereocenters. The molecule has 0 heterocycles. The minimum Gasteiger partial charge on any atom is -0.445 e. The van der Waals surface area contributed by atoms with Crippen LogP contribution >= 0.6 is 0 Å². The first-order valence-corrected chi connectivity index (χ1v) is 17.9. The highest BCUT2D eigenvalue weighted by Crippen LogP contribution is 2.14. The first-order chi connectivity index (χ1) is 21.8. The molecule has 3 amide bonds. The van der Waals surface area contributed by atoms with Crippen LogP contribution in [0.4, 0.5) is 4.79 Å². The largest absolute Gasteiger partial charge is 0.445 e. The molecule has 0 aromatic heterocycles. The number of amides is 3. The van der Waals surface area contributed by atoms with Gasteiger partial charge in [-0.2, -0.15) is 0 Å². The van der Waals surface area contributed by atoms with Crippen LogP contribution in [0.15, 0.2) is 30.3 Å². The minimum atomic E-state index is -0.958. The lowest BCUT2D eigenvalue weighted by molar-refractivity contribution is -0.140. The van der Waals surface area contributed by atoms with Gasteiger partial charge in [0.2, 0.25) is 11.7 Å². The zero-order valence-electron chi connectivity index (χ0n) is 28.8. The van der Waals surface area contributed by atoms with E-state index in [4.69, 9.17) is 4.74 Å². The summed E-state index contributed by atoms with van der Waals surface area (Å²) in [6, 6.07) is 7.42. The van der Waals surface area contributed by atoms with E-state index in [1.54, 1.807) is 6.92 Å². The Morgan fingerprint density at radius 3 is 1.67 bits per heavy atom. The number of hydrogen-bond acceptors (Lipinski definition) is 5. The van der Waals surface area contributed by atoms with E-state index in [2.05, 4.69) is 22.9 Å². The van der Waals surface area contributed by atoms with Crippen LogP contribution in [-0.2, 0) is 25.7 Å². The van der Waals surface area contributed by atoms with Gasteiger partial charge in [0.05, 0.1) is 6.04 Å². The van der Waals surface area contributed by atoms with E-state index in [0.717, 1.165) is 24.8 Å². The van der Waals surface area contributed by atoms with Crippen molar-refractivity contribution in [2.75, 3.05) is 6.54 Å². The predicted octanol–water partition coefficient (Wildman–Crippen LogP) is 8.17. The first kappa shape index (κ1) is 40.1. The molecule has 0 aliphatic rings. The maximum atomic E-state index is 13.0. The second-order valence-electron chi connectivity index (χ2n) is 12.8. The SMILES string of the molecule is CCCCCCCCCCCCCCCCCCNC(=O)C(=O)C(CC)NC(=O)C(CC(C)C)NC(=O)OCc1ccccc1. The zero-order chi connectivity index (χ0) is 33.1. The van der Waals surface area contributed by atoms with Crippen molar-refractivity contribution in [2.24, 2.45) is 5.92 Å². The van der Waals surface area contributed by atoms with Gasteiger partial charge in [-0.05, 0) is 30.7 Å². The van der Waals surface area contributed by atoms with Gasteiger partial charge in [0, 0.05) is 6.54 Å². The predicted molar refractivity (Wildman–Crippen MR) is 183 cm³/mol. The fourth-order valence-electron chi connectivity index (χ4n) is 5.36. The van der Waals surface area contributed by atoms with Crippen molar-refractivity contribution in [2.45, 2.75) is 162 Å². The Morgan fingerprint density at radius 1 is 0.667 bits per heavy atom. The molecule has 8 heteroatoms. The van der Waals surface area contributed by atoms with Gasteiger partial charge in [0.1, 0.15) is 12.6 Å². The highest BCUT2D eigenvalue weighted by atomic mass is 16.5. The van der Waals surface area contributed by atoms with Gasteiger partial charge in [-0.3, -0.25) is 14.4 Å². The summed E-state index contributed by atoms with van der Waals surface area (Å²) in [4.78, 5) is 50.8. The summed E-state index contributed by atoms with van der Waals surface area (Å²) >= 11 is 0. The number of carbonyl (C=O) groups is 4. The van der Waals surface area contributed by atoms with E-state index in [9.17, 15) is 19.2 Å². The Morgan fingerprint density at radius 2 is 1.18 bits per heavy atom. The van der Waals surface area contributed by atoms with E-state index in [1.807, 2.05) is 44.2 Å². The van der Waals surface area contributed by atoms with Gasteiger partial charge in [-0.1, -0.05) is 154 Å². The number of alkyl carbamates (subject to hydrolysis) is 1. The van der Waals surface area contributed by atoms with Crippen LogP contribution in [0.2, 0.25) is 0 Å². The zero-order valence-corrected chi connectivity index (χ0v) is 28.8. The fourth-order valence-corrected chi connectivity index (χ4v) is 5.36. The highest BCUT2D eigenvalue weighted by molar-refractivity contribution is 6.38. The molecule has 256 valence electrons. The maximum Gasteiger partial charge on any atom is 0.408 e.